The average molecular weight is 363 g/mol. The second-order valence-electron chi connectivity index (χ2n) is 7.40. The molecule has 1 saturated heterocycles. The van der Waals surface area contributed by atoms with Gasteiger partial charge in [0.1, 0.15) is 5.82 Å². The molecule has 1 amide bonds. The first-order valence-corrected chi connectivity index (χ1v) is 9.38. The van der Waals surface area contributed by atoms with Crippen molar-refractivity contribution in [3.05, 3.63) is 35.6 Å². The van der Waals surface area contributed by atoms with Crippen molar-refractivity contribution in [1.29, 1.82) is 0 Å². The van der Waals surface area contributed by atoms with Gasteiger partial charge in [-0.05, 0) is 49.3 Å². The van der Waals surface area contributed by atoms with Crippen molar-refractivity contribution < 1.29 is 23.8 Å². The molecule has 3 rings (SSSR count). The molecule has 1 unspecified atom stereocenters. The molecule has 1 aromatic carbocycles. The smallest absolute Gasteiger partial charge is 0.308 e. The number of carboxylic acid groups (broad SMARTS) is 1. The van der Waals surface area contributed by atoms with Crippen LogP contribution in [-0.2, 0) is 19.7 Å². The zero-order valence-corrected chi connectivity index (χ0v) is 14.9. The number of carbonyl (C=O) groups excluding carboxylic acids is 1. The molecule has 0 radical (unpaired) electrons. The molecular weight excluding hydrogens is 337 g/mol. The first kappa shape index (κ1) is 18.8. The van der Waals surface area contributed by atoms with Crippen LogP contribution in [0.15, 0.2) is 24.3 Å². The number of hydrogen-bond donors (Lipinski definition) is 2. The van der Waals surface area contributed by atoms with Crippen molar-refractivity contribution >= 4 is 11.9 Å². The standard InChI is InChI=1S/C20H26FNO4/c21-16-5-3-15(4-6-16)20(9-1-2-10-20)19(25)22-13-17(18(23)24)14-7-11-26-12-8-14/h3-6,14,17H,1-2,7-13H2,(H,22,25)(H,23,24). The lowest BCUT2D eigenvalue weighted by molar-refractivity contribution is -0.145. The van der Waals surface area contributed by atoms with Crippen LogP contribution in [0.1, 0.15) is 44.1 Å². The Morgan fingerprint density at radius 2 is 1.81 bits per heavy atom. The number of carbonyl (C=O) groups is 2. The predicted molar refractivity (Wildman–Crippen MR) is 94.2 cm³/mol. The molecule has 1 saturated carbocycles. The van der Waals surface area contributed by atoms with E-state index in [0.717, 1.165) is 18.4 Å². The van der Waals surface area contributed by atoms with Gasteiger partial charge >= 0.3 is 5.97 Å². The highest BCUT2D eigenvalue weighted by molar-refractivity contribution is 5.89. The minimum Gasteiger partial charge on any atom is -0.481 e. The second-order valence-corrected chi connectivity index (χ2v) is 7.40. The second kappa shape index (κ2) is 8.16. The summed E-state index contributed by atoms with van der Waals surface area (Å²) in [4.78, 5) is 24.7. The van der Waals surface area contributed by atoms with Gasteiger partial charge in [0.05, 0.1) is 11.3 Å². The molecule has 1 aliphatic carbocycles. The maximum atomic E-state index is 13.3. The molecule has 5 nitrogen and oxygen atoms in total. The minimum atomic E-state index is -0.876. The summed E-state index contributed by atoms with van der Waals surface area (Å²) in [5.41, 5.74) is 0.138. The van der Waals surface area contributed by atoms with Crippen LogP contribution in [0.4, 0.5) is 4.39 Å². The van der Waals surface area contributed by atoms with Crippen LogP contribution in [0.5, 0.6) is 0 Å². The summed E-state index contributed by atoms with van der Waals surface area (Å²) in [5.74, 6) is -1.92. The Morgan fingerprint density at radius 3 is 2.38 bits per heavy atom. The van der Waals surface area contributed by atoms with Crippen molar-refractivity contribution in [2.45, 2.75) is 43.9 Å². The van der Waals surface area contributed by atoms with E-state index in [0.29, 0.717) is 38.9 Å². The van der Waals surface area contributed by atoms with E-state index in [-0.39, 0.29) is 24.2 Å². The first-order chi connectivity index (χ1) is 12.5. The fraction of sp³-hybridized carbons (Fsp3) is 0.600. The number of halogens is 1. The Labute approximate surface area is 152 Å². The SMILES string of the molecule is O=C(O)C(CNC(=O)C1(c2ccc(F)cc2)CCCC1)C1CCOCC1. The third kappa shape index (κ3) is 3.90. The molecule has 2 N–H and O–H groups in total. The highest BCUT2D eigenvalue weighted by Gasteiger charge is 2.43. The highest BCUT2D eigenvalue weighted by Crippen LogP contribution is 2.41. The Morgan fingerprint density at radius 1 is 1.19 bits per heavy atom. The molecule has 6 heteroatoms. The van der Waals surface area contributed by atoms with Crippen molar-refractivity contribution in [3.8, 4) is 0 Å². The number of aliphatic carboxylic acids is 1. The number of benzene rings is 1. The molecule has 0 bridgehead atoms. The molecule has 2 aliphatic rings. The third-order valence-electron chi connectivity index (χ3n) is 5.92. The summed E-state index contributed by atoms with van der Waals surface area (Å²) in [5, 5.41) is 12.5. The molecule has 1 atom stereocenters. The van der Waals surface area contributed by atoms with Crippen molar-refractivity contribution in [1.82, 2.24) is 5.32 Å². The highest BCUT2D eigenvalue weighted by atomic mass is 19.1. The van der Waals surface area contributed by atoms with Crippen LogP contribution in [0.25, 0.3) is 0 Å². The molecule has 1 aliphatic heterocycles. The van der Waals surface area contributed by atoms with Gasteiger partial charge < -0.3 is 15.2 Å². The van der Waals surface area contributed by atoms with E-state index in [1.54, 1.807) is 12.1 Å². The maximum absolute atomic E-state index is 13.3. The van der Waals surface area contributed by atoms with Crippen molar-refractivity contribution in [3.63, 3.8) is 0 Å². The van der Waals surface area contributed by atoms with Gasteiger partial charge in [-0.25, -0.2) is 4.39 Å². The van der Waals surface area contributed by atoms with E-state index in [4.69, 9.17) is 4.74 Å². The Bertz CT molecular complexity index is 634. The zero-order valence-electron chi connectivity index (χ0n) is 14.9. The van der Waals surface area contributed by atoms with E-state index in [1.165, 1.54) is 12.1 Å². The van der Waals surface area contributed by atoms with Gasteiger partial charge in [0.25, 0.3) is 0 Å². The monoisotopic (exact) mass is 363 g/mol. The molecule has 2 fully saturated rings. The topological polar surface area (TPSA) is 75.6 Å². The number of ether oxygens (including phenoxy) is 1. The normalized spacial score (nSPS) is 21.3. The van der Waals surface area contributed by atoms with Gasteiger partial charge in [0.2, 0.25) is 5.91 Å². The summed E-state index contributed by atoms with van der Waals surface area (Å²) in [6.07, 6.45) is 4.70. The Balaban J connectivity index is 1.71. The number of amides is 1. The minimum absolute atomic E-state index is 0.0203. The predicted octanol–water partition coefficient (Wildman–Crippen LogP) is 2.88. The number of carboxylic acids is 1. The van der Waals surface area contributed by atoms with E-state index in [9.17, 15) is 19.1 Å². The van der Waals surface area contributed by atoms with E-state index < -0.39 is 17.3 Å². The van der Waals surface area contributed by atoms with Gasteiger partial charge in [-0.1, -0.05) is 25.0 Å². The van der Waals surface area contributed by atoms with Gasteiger partial charge in [0.15, 0.2) is 0 Å². The van der Waals surface area contributed by atoms with Gasteiger partial charge in [-0.15, -0.1) is 0 Å². The summed E-state index contributed by atoms with van der Waals surface area (Å²) >= 11 is 0. The average Bonchev–Trinajstić information content (AvgIpc) is 3.14. The molecule has 0 spiro atoms. The largest absolute Gasteiger partial charge is 0.481 e. The lowest BCUT2D eigenvalue weighted by atomic mass is 9.77. The van der Waals surface area contributed by atoms with E-state index in [1.807, 2.05) is 0 Å². The lowest BCUT2D eigenvalue weighted by Gasteiger charge is -2.31. The Kier molecular flexibility index (Phi) is 5.91. The van der Waals surface area contributed by atoms with Crippen LogP contribution in [0.2, 0.25) is 0 Å². The van der Waals surface area contributed by atoms with Crippen LogP contribution < -0.4 is 5.32 Å². The Hall–Kier alpha value is -1.95. The molecular formula is C20H26FNO4. The zero-order chi connectivity index (χ0) is 18.6. The van der Waals surface area contributed by atoms with Gasteiger partial charge in [-0.3, -0.25) is 9.59 Å². The van der Waals surface area contributed by atoms with Crippen LogP contribution in [0, 0.1) is 17.7 Å². The molecule has 1 aromatic rings. The maximum Gasteiger partial charge on any atom is 0.308 e. The summed E-state index contributed by atoms with van der Waals surface area (Å²) < 4.78 is 18.6. The summed E-state index contributed by atoms with van der Waals surface area (Å²) in [6.45, 7) is 1.27. The fourth-order valence-corrected chi connectivity index (χ4v) is 4.34. The van der Waals surface area contributed by atoms with Crippen LogP contribution >= 0.6 is 0 Å². The molecule has 0 aromatic heterocycles. The molecule has 142 valence electrons. The summed E-state index contributed by atoms with van der Waals surface area (Å²) in [6, 6.07) is 6.11. The van der Waals surface area contributed by atoms with E-state index >= 15 is 0 Å². The number of nitrogens with one attached hydrogen (secondary N) is 1. The van der Waals surface area contributed by atoms with Gasteiger partial charge in [-0.2, -0.15) is 0 Å². The fourth-order valence-electron chi connectivity index (χ4n) is 4.34. The quantitative estimate of drug-likeness (QED) is 0.815. The van der Waals surface area contributed by atoms with E-state index in [2.05, 4.69) is 5.32 Å². The number of rotatable bonds is 6. The number of hydrogen-bond acceptors (Lipinski definition) is 3. The van der Waals surface area contributed by atoms with Crippen LogP contribution in [0.3, 0.4) is 0 Å². The van der Waals surface area contributed by atoms with Gasteiger partial charge in [0, 0.05) is 19.8 Å². The lowest BCUT2D eigenvalue weighted by Crippen LogP contribution is -2.46. The molecule has 1 heterocycles. The van der Waals surface area contributed by atoms with Crippen molar-refractivity contribution in [2.75, 3.05) is 19.8 Å². The van der Waals surface area contributed by atoms with Crippen LogP contribution in [-0.4, -0.2) is 36.7 Å². The summed E-state index contributed by atoms with van der Waals surface area (Å²) in [7, 11) is 0. The third-order valence-corrected chi connectivity index (χ3v) is 5.92. The molecule has 26 heavy (non-hydrogen) atoms. The van der Waals surface area contributed by atoms with Crippen molar-refractivity contribution in [2.24, 2.45) is 11.8 Å². The first-order valence-electron chi connectivity index (χ1n) is 9.38.